The molecule has 1 aromatic carbocycles. The van der Waals surface area contributed by atoms with Gasteiger partial charge in [-0.15, -0.1) is 0 Å². The van der Waals surface area contributed by atoms with Crippen LogP contribution < -0.4 is 5.19 Å². The molecule has 0 aliphatic heterocycles. The maximum Gasteiger partial charge on any atom is 0.149 e. The first-order valence-electron chi connectivity index (χ1n) is 2.95. The second kappa shape index (κ2) is 3.12. The van der Waals surface area contributed by atoms with Crippen LogP contribution in [-0.4, -0.2) is 16.5 Å². The molecule has 1 rings (SSSR count). The molecule has 0 saturated carbocycles. The van der Waals surface area contributed by atoms with Crippen LogP contribution in [0.3, 0.4) is 0 Å². The van der Waals surface area contributed by atoms with Crippen LogP contribution in [0.5, 0.6) is 0 Å². The van der Waals surface area contributed by atoms with Gasteiger partial charge < -0.3 is 0 Å². The summed E-state index contributed by atoms with van der Waals surface area (Å²) in [4.78, 5) is 10.3. The molecule has 0 aliphatic carbocycles. The molecule has 1 nitrogen and oxygen atoms in total. The number of benzene rings is 1. The molecule has 3 heteroatoms. The summed E-state index contributed by atoms with van der Waals surface area (Å²) < 4.78 is 1.04. The topological polar surface area (TPSA) is 17.1 Å². The highest BCUT2D eigenvalue weighted by Crippen LogP contribution is 2.06. The molecule has 0 fully saturated rings. The van der Waals surface area contributed by atoms with Crippen molar-refractivity contribution < 1.29 is 4.79 Å². The van der Waals surface area contributed by atoms with Crippen molar-refractivity contribution in [3.05, 3.63) is 28.2 Å². The lowest BCUT2D eigenvalue weighted by molar-refractivity contribution is 0.112. The minimum Gasteiger partial charge on any atom is -0.298 e. The fraction of sp³-hybridized carbons (Fsp3) is 0. The number of hydrogen-bond donors (Lipinski definition) is 0. The van der Waals surface area contributed by atoms with Gasteiger partial charge in [-0.25, -0.2) is 0 Å². The SMILES string of the molecule is O=Cc1ccc(Br)cc1[SiH3]. The molecule has 0 unspecified atom stereocenters. The van der Waals surface area contributed by atoms with Crippen molar-refractivity contribution in [1.29, 1.82) is 0 Å². The summed E-state index contributed by atoms with van der Waals surface area (Å²) in [6, 6.07) is 5.69. The van der Waals surface area contributed by atoms with Crippen molar-refractivity contribution in [2.24, 2.45) is 0 Å². The van der Waals surface area contributed by atoms with Crippen molar-refractivity contribution in [2.75, 3.05) is 0 Å². The summed E-state index contributed by atoms with van der Waals surface area (Å²) in [6.45, 7) is 0. The summed E-state index contributed by atoms with van der Waals surface area (Å²) in [7, 11) is 0.922. The Labute approximate surface area is 71.0 Å². The molecule has 0 aliphatic rings. The summed E-state index contributed by atoms with van der Waals surface area (Å²) >= 11 is 3.33. The molecule has 10 heavy (non-hydrogen) atoms. The first kappa shape index (κ1) is 7.69. The third-order valence-corrected chi connectivity index (χ3v) is 2.72. The third-order valence-electron chi connectivity index (χ3n) is 1.36. The highest BCUT2D eigenvalue weighted by molar-refractivity contribution is 9.10. The Morgan fingerprint density at radius 2 is 2.20 bits per heavy atom. The number of halogens is 1. The lowest BCUT2D eigenvalue weighted by atomic mass is 10.2. The van der Waals surface area contributed by atoms with E-state index in [9.17, 15) is 4.79 Å². The van der Waals surface area contributed by atoms with Gasteiger partial charge in [0.25, 0.3) is 0 Å². The predicted molar refractivity (Wildman–Crippen MR) is 49.1 cm³/mol. The smallest absolute Gasteiger partial charge is 0.149 e. The summed E-state index contributed by atoms with van der Waals surface area (Å²) in [5.74, 6) is 0. The van der Waals surface area contributed by atoms with Crippen molar-refractivity contribution in [2.45, 2.75) is 0 Å². The van der Waals surface area contributed by atoms with E-state index in [0.717, 1.165) is 31.8 Å². The lowest BCUT2D eigenvalue weighted by Gasteiger charge is -1.96. The van der Waals surface area contributed by atoms with E-state index < -0.39 is 0 Å². The summed E-state index contributed by atoms with van der Waals surface area (Å²) in [6.07, 6.45) is 0.898. The van der Waals surface area contributed by atoms with Crippen LogP contribution in [0.25, 0.3) is 0 Å². The van der Waals surface area contributed by atoms with Crippen LogP contribution in [0.15, 0.2) is 22.7 Å². The standard InChI is InChI=1S/C7H7BrOSi/c8-6-2-1-5(4-9)7(10)3-6/h1-4H,10H3. The number of carbonyl (C=O) groups is 1. The van der Waals surface area contributed by atoms with E-state index in [1.165, 1.54) is 0 Å². The Kier molecular flexibility index (Phi) is 2.40. The van der Waals surface area contributed by atoms with Gasteiger partial charge >= 0.3 is 0 Å². The van der Waals surface area contributed by atoms with Crippen molar-refractivity contribution >= 4 is 37.6 Å². The Bertz CT molecular complexity index is 260. The van der Waals surface area contributed by atoms with E-state index in [4.69, 9.17) is 0 Å². The quantitative estimate of drug-likeness (QED) is 0.485. The second-order valence-electron chi connectivity index (χ2n) is 2.12. The average Bonchev–Trinajstić information content (AvgIpc) is 1.88. The Hall–Kier alpha value is -0.413. The molecule has 0 bridgehead atoms. The van der Waals surface area contributed by atoms with Crippen LogP contribution in [0.4, 0.5) is 0 Å². The van der Waals surface area contributed by atoms with Gasteiger partial charge in [-0.3, -0.25) is 4.79 Å². The predicted octanol–water partition coefficient (Wildman–Crippen LogP) is 0.252. The summed E-state index contributed by atoms with van der Waals surface area (Å²) in [5, 5.41) is 1.14. The van der Waals surface area contributed by atoms with E-state index in [1.54, 1.807) is 0 Å². The molecular formula is C7H7BrOSi. The van der Waals surface area contributed by atoms with Crippen LogP contribution in [0, 0.1) is 0 Å². The van der Waals surface area contributed by atoms with Gasteiger partial charge in [0.15, 0.2) is 0 Å². The lowest BCUT2D eigenvalue weighted by Crippen LogP contribution is -2.08. The van der Waals surface area contributed by atoms with Crippen LogP contribution in [-0.2, 0) is 0 Å². The number of rotatable bonds is 1. The minimum atomic E-state index is 0.815. The van der Waals surface area contributed by atoms with E-state index in [0.29, 0.717) is 0 Å². The number of carbonyl (C=O) groups excluding carboxylic acids is 1. The molecule has 0 saturated heterocycles. The van der Waals surface area contributed by atoms with E-state index in [2.05, 4.69) is 15.9 Å². The first-order valence-corrected chi connectivity index (χ1v) is 4.74. The molecule has 0 N–H and O–H groups in total. The van der Waals surface area contributed by atoms with Gasteiger partial charge in [0.2, 0.25) is 0 Å². The largest absolute Gasteiger partial charge is 0.298 e. The van der Waals surface area contributed by atoms with Gasteiger partial charge in [0.1, 0.15) is 6.29 Å². The summed E-state index contributed by atoms with van der Waals surface area (Å²) in [5.41, 5.74) is 0.815. The molecule has 0 radical (unpaired) electrons. The van der Waals surface area contributed by atoms with E-state index in [1.807, 2.05) is 18.2 Å². The van der Waals surface area contributed by atoms with Crippen LogP contribution in [0.2, 0.25) is 0 Å². The molecule has 0 amide bonds. The molecule has 0 atom stereocenters. The average molecular weight is 215 g/mol. The van der Waals surface area contributed by atoms with Gasteiger partial charge in [0.05, 0.1) is 0 Å². The number of hydrogen-bond acceptors (Lipinski definition) is 1. The van der Waals surface area contributed by atoms with Gasteiger partial charge in [0, 0.05) is 20.3 Å². The highest BCUT2D eigenvalue weighted by atomic mass is 79.9. The molecule has 0 aromatic heterocycles. The van der Waals surface area contributed by atoms with E-state index >= 15 is 0 Å². The van der Waals surface area contributed by atoms with Crippen LogP contribution in [0.1, 0.15) is 10.4 Å². The fourth-order valence-corrected chi connectivity index (χ4v) is 2.27. The Morgan fingerprint density at radius 3 is 2.70 bits per heavy atom. The van der Waals surface area contributed by atoms with Gasteiger partial charge in [-0.2, -0.15) is 0 Å². The minimum absolute atomic E-state index is 0.815. The normalized spacial score (nSPS) is 9.70. The van der Waals surface area contributed by atoms with Crippen molar-refractivity contribution in [3.8, 4) is 0 Å². The maximum atomic E-state index is 10.3. The molecule has 0 heterocycles. The highest BCUT2D eigenvalue weighted by Gasteiger charge is 1.94. The van der Waals surface area contributed by atoms with Gasteiger partial charge in [-0.1, -0.05) is 27.2 Å². The number of aldehydes is 1. The Morgan fingerprint density at radius 1 is 1.50 bits per heavy atom. The zero-order valence-electron chi connectivity index (χ0n) is 5.60. The zero-order chi connectivity index (χ0) is 7.56. The van der Waals surface area contributed by atoms with E-state index in [-0.39, 0.29) is 0 Å². The first-order chi connectivity index (χ1) is 4.74. The molecule has 0 spiro atoms. The molecule has 1 aromatic rings. The molecule has 52 valence electrons. The Balaban J connectivity index is 3.19. The van der Waals surface area contributed by atoms with Crippen molar-refractivity contribution in [1.82, 2.24) is 0 Å². The van der Waals surface area contributed by atoms with Crippen LogP contribution >= 0.6 is 15.9 Å². The third kappa shape index (κ3) is 1.55. The maximum absolute atomic E-state index is 10.3. The monoisotopic (exact) mass is 214 g/mol. The van der Waals surface area contributed by atoms with Gasteiger partial charge in [-0.05, 0) is 12.1 Å². The fourth-order valence-electron chi connectivity index (χ4n) is 0.771. The zero-order valence-corrected chi connectivity index (χ0v) is 9.18. The van der Waals surface area contributed by atoms with Crippen molar-refractivity contribution in [3.63, 3.8) is 0 Å². The molecular weight excluding hydrogens is 208 g/mol. The second-order valence-corrected chi connectivity index (χ2v) is 4.11.